The minimum absolute atomic E-state index is 0.321. The molecular formula is C14H23N3. The predicted octanol–water partition coefficient (Wildman–Crippen LogP) is 1.55. The molecule has 1 aliphatic rings. The molecule has 1 saturated heterocycles. The number of rotatable bonds is 4. The molecule has 1 aromatic carbocycles. The number of nitrogens with two attached hydrogens (primary N) is 1. The molecular weight excluding hydrogens is 210 g/mol. The van der Waals surface area contributed by atoms with Gasteiger partial charge in [0.25, 0.3) is 0 Å². The van der Waals surface area contributed by atoms with Crippen LogP contribution in [-0.2, 0) is 0 Å². The van der Waals surface area contributed by atoms with E-state index in [0.717, 1.165) is 39.1 Å². The molecule has 3 nitrogen and oxygen atoms in total. The predicted molar refractivity (Wildman–Crippen MR) is 73.4 cm³/mol. The SMILES string of the molecule is CC(N)CCN1CCN(c2ccccc2)CC1. The molecule has 1 atom stereocenters. The van der Waals surface area contributed by atoms with Crippen molar-refractivity contribution in [3.05, 3.63) is 30.3 Å². The van der Waals surface area contributed by atoms with Crippen molar-refractivity contribution in [2.45, 2.75) is 19.4 Å². The van der Waals surface area contributed by atoms with Crippen LogP contribution in [0.15, 0.2) is 30.3 Å². The van der Waals surface area contributed by atoms with Crippen LogP contribution in [0.25, 0.3) is 0 Å². The van der Waals surface area contributed by atoms with Crippen molar-refractivity contribution in [2.75, 3.05) is 37.6 Å². The lowest BCUT2D eigenvalue weighted by Gasteiger charge is -2.36. The van der Waals surface area contributed by atoms with E-state index in [9.17, 15) is 0 Å². The lowest BCUT2D eigenvalue weighted by Crippen LogP contribution is -2.47. The van der Waals surface area contributed by atoms with Gasteiger partial charge in [0.1, 0.15) is 0 Å². The van der Waals surface area contributed by atoms with Crippen LogP contribution in [0.5, 0.6) is 0 Å². The zero-order chi connectivity index (χ0) is 12.1. The summed E-state index contributed by atoms with van der Waals surface area (Å²) in [4.78, 5) is 4.98. The highest BCUT2D eigenvalue weighted by Gasteiger charge is 2.16. The zero-order valence-electron chi connectivity index (χ0n) is 10.7. The molecule has 1 fully saturated rings. The van der Waals surface area contributed by atoms with Crippen LogP contribution in [0.2, 0.25) is 0 Å². The molecule has 1 heterocycles. The first-order chi connectivity index (χ1) is 8.25. The van der Waals surface area contributed by atoms with Crippen LogP contribution < -0.4 is 10.6 Å². The summed E-state index contributed by atoms with van der Waals surface area (Å²) in [5.41, 5.74) is 7.14. The minimum Gasteiger partial charge on any atom is -0.369 e. The van der Waals surface area contributed by atoms with Crippen LogP contribution in [0.3, 0.4) is 0 Å². The third-order valence-electron chi connectivity index (χ3n) is 3.39. The third-order valence-corrected chi connectivity index (χ3v) is 3.39. The van der Waals surface area contributed by atoms with Crippen molar-refractivity contribution in [1.82, 2.24) is 4.90 Å². The average Bonchev–Trinajstić information content (AvgIpc) is 2.38. The highest BCUT2D eigenvalue weighted by atomic mass is 15.3. The van der Waals surface area contributed by atoms with Gasteiger partial charge in [-0.15, -0.1) is 0 Å². The van der Waals surface area contributed by atoms with Gasteiger partial charge in [0.15, 0.2) is 0 Å². The second-order valence-corrected chi connectivity index (χ2v) is 4.93. The number of hydrogen-bond donors (Lipinski definition) is 1. The summed E-state index contributed by atoms with van der Waals surface area (Å²) < 4.78 is 0. The van der Waals surface area contributed by atoms with E-state index >= 15 is 0 Å². The van der Waals surface area contributed by atoms with Crippen molar-refractivity contribution in [3.8, 4) is 0 Å². The number of hydrogen-bond acceptors (Lipinski definition) is 3. The first-order valence-corrected chi connectivity index (χ1v) is 6.53. The Bertz CT molecular complexity index is 315. The van der Waals surface area contributed by atoms with Crippen LogP contribution in [-0.4, -0.2) is 43.7 Å². The molecule has 0 saturated carbocycles. The number of anilines is 1. The summed E-state index contributed by atoms with van der Waals surface area (Å²) in [6.45, 7) is 7.79. The second kappa shape index (κ2) is 6.03. The first-order valence-electron chi connectivity index (χ1n) is 6.53. The van der Waals surface area contributed by atoms with Gasteiger partial charge in [-0.05, 0) is 32.0 Å². The van der Waals surface area contributed by atoms with Crippen LogP contribution in [0.4, 0.5) is 5.69 Å². The third kappa shape index (κ3) is 3.72. The Morgan fingerprint density at radius 1 is 1.12 bits per heavy atom. The monoisotopic (exact) mass is 233 g/mol. The molecule has 0 bridgehead atoms. The number of para-hydroxylation sites is 1. The topological polar surface area (TPSA) is 32.5 Å². The Morgan fingerprint density at radius 2 is 1.76 bits per heavy atom. The van der Waals surface area contributed by atoms with Crippen molar-refractivity contribution < 1.29 is 0 Å². The molecule has 1 unspecified atom stereocenters. The van der Waals surface area contributed by atoms with Gasteiger partial charge in [0, 0.05) is 37.9 Å². The van der Waals surface area contributed by atoms with Crippen LogP contribution in [0.1, 0.15) is 13.3 Å². The van der Waals surface area contributed by atoms with Crippen molar-refractivity contribution in [1.29, 1.82) is 0 Å². The second-order valence-electron chi connectivity index (χ2n) is 4.93. The Labute approximate surface area is 104 Å². The molecule has 2 N–H and O–H groups in total. The molecule has 0 aliphatic carbocycles. The normalized spacial score (nSPS) is 19.3. The van der Waals surface area contributed by atoms with Gasteiger partial charge >= 0.3 is 0 Å². The fourth-order valence-corrected chi connectivity index (χ4v) is 2.25. The Kier molecular flexibility index (Phi) is 4.40. The summed E-state index contributed by atoms with van der Waals surface area (Å²) in [6.07, 6.45) is 1.10. The summed E-state index contributed by atoms with van der Waals surface area (Å²) >= 11 is 0. The van der Waals surface area contributed by atoms with Gasteiger partial charge in [0.2, 0.25) is 0 Å². The molecule has 0 aromatic heterocycles. The van der Waals surface area contributed by atoms with E-state index in [2.05, 4.69) is 47.1 Å². The van der Waals surface area contributed by atoms with Gasteiger partial charge in [-0.3, -0.25) is 4.90 Å². The van der Waals surface area contributed by atoms with E-state index in [0.29, 0.717) is 6.04 Å². The molecule has 0 spiro atoms. The maximum Gasteiger partial charge on any atom is 0.0367 e. The van der Waals surface area contributed by atoms with E-state index in [1.807, 2.05) is 0 Å². The van der Waals surface area contributed by atoms with E-state index < -0.39 is 0 Å². The van der Waals surface area contributed by atoms with Crippen LogP contribution in [0, 0.1) is 0 Å². The largest absolute Gasteiger partial charge is 0.369 e. The molecule has 17 heavy (non-hydrogen) atoms. The fourth-order valence-electron chi connectivity index (χ4n) is 2.25. The lowest BCUT2D eigenvalue weighted by molar-refractivity contribution is 0.250. The van der Waals surface area contributed by atoms with Gasteiger partial charge < -0.3 is 10.6 Å². The fraction of sp³-hybridized carbons (Fsp3) is 0.571. The summed E-state index contributed by atoms with van der Waals surface area (Å²) in [5.74, 6) is 0. The van der Waals surface area contributed by atoms with Crippen molar-refractivity contribution in [2.24, 2.45) is 5.73 Å². The Hall–Kier alpha value is -1.06. The number of piperazine rings is 1. The van der Waals surface area contributed by atoms with Gasteiger partial charge in [-0.1, -0.05) is 18.2 Å². The molecule has 0 amide bonds. The lowest BCUT2D eigenvalue weighted by atomic mass is 10.2. The van der Waals surface area contributed by atoms with Gasteiger partial charge in [-0.2, -0.15) is 0 Å². The molecule has 1 aliphatic heterocycles. The Morgan fingerprint density at radius 3 is 2.35 bits per heavy atom. The summed E-state index contributed by atoms with van der Waals surface area (Å²) in [7, 11) is 0. The molecule has 2 rings (SSSR count). The van der Waals surface area contributed by atoms with E-state index in [-0.39, 0.29) is 0 Å². The quantitative estimate of drug-likeness (QED) is 0.856. The standard InChI is InChI=1S/C14H23N3/c1-13(15)7-8-16-9-11-17(12-10-16)14-5-3-2-4-6-14/h2-6,13H,7-12,15H2,1H3. The molecule has 3 heteroatoms. The Balaban J connectivity index is 1.78. The van der Waals surface area contributed by atoms with E-state index in [1.165, 1.54) is 5.69 Å². The van der Waals surface area contributed by atoms with Gasteiger partial charge in [-0.25, -0.2) is 0 Å². The molecule has 0 radical (unpaired) electrons. The summed E-state index contributed by atoms with van der Waals surface area (Å²) in [6, 6.07) is 11.0. The highest BCUT2D eigenvalue weighted by molar-refractivity contribution is 5.46. The highest BCUT2D eigenvalue weighted by Crippen LogP contribution is 2.15. The average molecular weight is 233 g/mol. The van der Waals surface area contributed by atoms with Crippen molar-refractivity contribution >= 4 is 5.69 Å². The smallest absolute Gasteiger partial charge is 0.0367 e. The van der Waals surface area contributed by atoms with Gasteiger partial charge in [0.05, 0.1) is 0 Å². The van der Waals surface area contributed by atoms with E-state index in [1.54, 1.807) is 0 Å². The van der Waals surface area contributed by atoms with Crippen LogP contribution >= 0.6 is 0 Å². The minimum atomic E-state index is 0.321. The number of nitrogens with zero attached hydrogens (tertiary/aromatic N) is 2. The maximum absolute atomic E-state index is 5.79. The summed E-state index contributed by atoms with van der Waals surface area (Å²) in [5, 5.41) is 0. The maximum atomic E-state index is 5.79. The van der Waals surface area contributed by atoms with E-state index in [4.69, 9.17) is 5.73 Å². The first kappa shape index (κ1) is 12.4. The zero-order valence-corrected chi connectivity index (χ0v) is 10.7. The molecule has 94 valence electrons. The van der Waals surface area contributed by atoms with Crippen molar-refractivity contribution in [3.63, 3.8) is 0 Å². The number of benzene rings is 1. The molecule has 1 aromatic rings.